The second-order valence-electron chi connectivity index (χ2n) is 16.8. The number of hydrogen-bond acceptors (Lipinski definition) is 8. The van der Waals surface area contributed by atoms with Gasteiger partial charge in [-0.2, -0.15) is 9.61 Å². The molecule has 1 amide bonds. The third-order valence-corrected chi connectivity index (χ3v) is 11.0. The van der Waals surface area contributed by atoms with Crippen LogP contribution in [0.15, 0.2) is 72.8 Å². The van der Waals surface area contributed by atoms with E-state index in [4.69, 9.17) is 24.3 Å². The van der Waals surface area contributed by atoms with Gasteiger partial charge in [0.15, 0.2) is 11.8 Å². The Morgan fingerprint density at radius 2 is 1.78 bits per heavy atom. The lowest BCUT2D eigenvalue weighted by Crippen LogP contribution is -2.46. The summed E-state index contributed by atoms with van der Waals surface area (Å²) in [5.41, 5.74) is 5.05. The number of nitrogens with zero attached hydrogens (tertiary/aromatic N) is 4. The van der Waals surface area contributed by atoms with Crippen molar-refractivity contribution in [2.75, 3.05) is 31.1 Å². The molecule has 1 fully saturated rings. The van der Waals surface area contributed by atoms with E-state index in [-0.39, 0.29) is 23.4 Å². The number of carboxylic acids is 1. The summed E-state index contributed by atoms with van der Waals surface area (Å²) in [6.45, 7) is 13.9. The average Bonchev–Trinajstić information content (AvgIpc) is 3.61. The van der Waals surface area contributed by atoms with Crippen molar-refractivity contribution in [2.24, 2.45) is 0 Å². The Balaban J connectivity index is 1.30. The van der Waals surface area contributed by atoms with E-state index in [1.54, 1.807) is 22.7 Å². The van der Waals surface area contributed by atoms with Crippen LogP contribution in [0.5, 0.6) is 5.75 Å². The number of aromatic nitrogens is 3. The molecular formula is C46H54FN5O6. The number of carbonyl (C=O) groups is 2. The topological polar surface area (TPSA) is 128 Å². The number of hydrogen-bond donors (Lipinski definition) is 2. The lowest BCUT2D eigenvalue weighted by Gasteiger charge is -2.41. The molecule has 0 radical (unpaired) electrons. The van der Waals surface area contributed by atoms with Gasteiger partial charge < -0.3 is 29.5 Å². The average molecular weight is 792 g/mol. The van der Waals surface area contributed by atoms with Crippen molar-refractivity contribution >= 4 is 23.3 Å². The van der Waals surface area contributed by atoms with Gasteiger partial charge in [0.25, 0.3) is 5.91 Å². The summed E-state index contributed by atoms with van der Waals surface area (Å²) >= 11 is 0. The van der Waals surface area contributed by atoms with Crippen molar-refractivity contribution in [3.8, 4) is 28.1 Å². The third-order valence-electron chi connectivity index (χ3n) is 11.0. The monoisotopic (exact) mass is 791 g/mol. The molecule has 306 valence electrons. The minimum Gasteiger partial charge on any atom is -0.490 e. The van der Waals surface area contributed by atoms with Crippen LogP contribution in [-0.4, -0.2) is 75.1 Å². The standard InChI is InChI=1S/C46H54FN5O6/c1-29-10-7-8-25-56-46(6)20-23-51(24-21-46)43-40(41(44(54)55)58-45(3,4)5)30(2)49-39-28-37(50-52(39)43)33-12-9-11-32(26-33)36-27-34(15-18-38(36)57-29)42(53)48-22-19-31-13-16-35(47)17-14-31/h9,11-18,26-29,41H,7-8,10,19-25H2,1-6H3,(H,48,53)(H,54,55)/t29-,41-/m0/s1. The first-order chi connectivity index (χ1) is 27.7. The molecule has 12 heteroatoms. The number of fused-ring (bicyclic) bond motifs is 8. The highest BCUT2D eigenvalue weighted by Crippen LogP contribution is 2.40. The fraction of sp³-hybridized carbons (Fsp3) is 0.435. The summed E-state index contributed by atoms with van der Waals surface area (Å²) in [6.07, 6.45) is 3.36. The molecule has 5 heterocycles. The number of ether oxygens (including phenoxy) is 3. The van der Waals surface area contributed by atoms with E-state index in [0.717, 1.165) is 54.4 Å². The zero-order valence-electron chi connectivity index (χ0n) is 34.3. The van der Waals surface area contributed by atoms with E-state index in [9.17, 15) is 19.1 Å². The van der Waals surface area contributed by atoms with Gasteiger partial charge in [0.2, 0.25) is 0 Å². The number of carboxylic acid groups (broad SMARTS) is 1. The molecule has 8 rings (SSSR count). The molecule has 0 unspecified atom stereocenters. The Kier molecular flexibility index (Phi) is 11.9. The molecule has 11 nitrogen and oxygen atoms in total. The van der Waals surface area contributed by atoms with Gasteiger partial charge in [0.05, 0.1) is 28.6 Å². The third kappa shape index (κ3) is 9.34. The lowest BCUT2D eigenvalue weighted by atomic mass is 9.92. The Hall–Kier alpha value is -5.33. The maximum Gasteiger partial charge on any atom is 0.337 e. The molecule has 58 heavy (non-hydrogen) atoms. The van der Waals surface area contributed by atoms with E-state index < -0.39 is 17.7 Å². The van der Waals surface area contributed by atoms with Gasteiger partial charge in [-0.3, -0.25) is 4.79 Å². The number of aliphatic carboxylic acids is 1. The number of amides is 1. The molecule has 5 aromatic rings. The zero-order chi connectivity index (χ0) is 41.2. The number of benzene rings is 3. The van der Waals surface area contributed by atoms with Crippen LogP contribution < -0.4 is 15.0 Å². The number of carbonyl (C=O) groups excluding carboxylic acids is 1. The van der Waals surface area contributed by atoms with Crippen LogP contribution >= 0.6 is 0 Å². The highest BCUT2D eigenvalue weighted by molar-refractivity contribution is 5.96. The van der Waals surface area contributed by atoms with Gasteiger partial charge in [-0.25, -0.2) is 14.2 Å². The van der Waals surface area contributed by atoms with Crippen molar-refractivity contribution in [3.05, 3.63) is 101 Å². The van der Waals surface area contributed by atoms with Crippen LogP contribution in [-0.2, 0) is 20.7 Å². The SMILES string of the molecule is Cc1nc2cc3nn2c(c1[C@H](OC(C)(C)C)C(=O)O)N1CCC(C)(CC1)OCCCC[C@H](C)Oc1ccc(C(=O)NCCc2ccc(F)cc2)cc1-c1cccc-3c1. The molecule has 2 N–H and O–H groups in total. The van der Waals surface area contributed by atoms with Gasteiger partial charge in [0.1, 0.15) is 17.4 Å². The van der Waals surface area contributed by atoms with Gasteiger partial charge in [-0.15, -0.1) is 0 Å². The molecule has 0 saturated carbocycles. The summed E-state index contributed by atoms with van der Waals surface area (Å²) < 4.78 is 34.6. The first kappa shape index (κ1) is 40.9. The predicted molar refractivity (Wildman–Crippen MR) is 222 cm³/mol. The Labute approximate surface area is 339 Å². The van der Waals surface area contributed by atoms with Crippen LogP contribution in [0.2, 0.25) is 0 Å². The number of halogens is 1. The lowest BCUT2D eigenvalue weighted by molar-refractivity contribution is -0.160. The Morgan fingerprint density at radius 3 is 2.50 bits per heavy atom. The number of rotatable bonds is 7. The smallest absolute Gasteiger partial charge is 0.337 e. The van der Waals surface area contributed by atoms with Crippen LogP contribution in [0.4, 0.5) is 10.2 Å². The van der Waals surface area contributed by atoms with Gasteiger partial charge in [-0.1, -0.05) is 30.3 Å². The van der Waals surface area contributed by atoms with Crippen LogP contribution in [0.1, 0.15) is 100 Å². The summed E-state index contributed by atoms with van der Waals surface area (Å²) in [5.74, 6) is -0.298. The number of nitrogens with one attached hydrogen (secondary N) is 1. The van der Waals surface area contributed by atoms with E-state index in [2.05, 4.69) is 24.1 Å². The summed E-state index contributed by atoms with van der Waals surface area (Å²) in [5, 5.41) is 18.7. The van der Waals surface area contributed by atoms with Crippen molar-refractivity contribution in [3.63, 3.8) is 0 Å². The molecule has 0 spiro atoms. The van der Waals surface area contributed by atoms with Crippen LogP contribution in [0.3, 0.4) is 0 Å². The van der Waals surface area contributed by atoms with Crippen molar-refractivity contribution in [1.29, 1.82) is 0 Å². The fourth-order valence-corrected chi connectivity index (χ4v) is 7.84. The molecule has 3 aliphatic heterocycles. The molecule has 6 bridgehead atoms. The van der Waals surface area contributed by atoms with Crippen molar-refractivity contribution < 1.29 is 33.3 Å². The van der Waals surface area contributed by atoms with E-state index in [1.165, 1.54) is 12.1 Å². The maximum atomic E-state index is 13.5. The summed E-state index contributed by atoms with van der Waals surface area (Å²) in [4.78, 5) is 33.6. The first-order valence-corrected chi connectivity index (χ1v) is 20.3. The fourth-order valence-electron chi connectivity index (χ4n) is 7.84. The summed E-state index contributed by atoms with van der Waals surface area (Å²) in [6, 6.07) is 21.7. The number of piperidine rings is 1. The molecule has 0 aliphatic carbocycles. The second kappa shape index (κ2) is 16.9. The number of aryl methyl sites for hydroxylation is 1. The first-order valence-electron chi connectivity index (χ1n) is 20.3. The largest absolute Gasteiger partial charge is 0.490 e. The van der Waals surface area contributed by atoms with Gasteiger partial charge in [-0.05, 0) is 128 Å². The predicted octanol–water partition coefficient (Wildman–Crippen LogP) is 8.75. The van der Waals surface area contributed by atoms with E-state index >= 15 is 0 Å². The maximum absolute atomic E-state index is 13.5. The molecule has 2 atom stereocenters. The quantitative estimate of drug-likeness (QED) is 0.166. The van der Waals surface area contributed by atoms with Crippen molar-refractivity contribution in [2.45, 2.75) is 103 Å². The van der Waals surface area contributed by atoms with Crippen molar-refractivity contribution in [1.82, 2.24) is 19.9 Å². The van der Waals surface area contributed by atoms with Crippen LogP contribution in [0.25, 0.3) is 28.0 Å². The summed E-state index contributed by atoms with van der Waals surface area (Å²) in [7, 11) is 0. The Bertz CT molecular complexity index is 2280. The highest BCUT2D eigenvalue weighted by atomic mass is 19.1. The van der Waals surface area contributed by atoms with E-state index in [0.29, 0.717) is 72.4 Å². The number of anilines is 1. The highest BCUT2D eigenvalue weighted by Gasteiger charge is 2.38. The second-order valence-corrected chi connectivity index (χ2v) is 16.8. The van der Waals surface area contributed by atoms with Gasteiger partial charge in [0, 0.05) is 54.7 Å². The molecule has 1 saturated heterocycles. The Morgan fingerprint density at radius 1 is 1.03 bits per heavy atom. The minimum absolute atomic E-state index is 0.0843. The van der Waals surface area contributed by atoms with Crippen LogP contribution in [0, 0.1) is 12.7 Å². The molecular weight excluding hydrogens is 738 g/mol. The van der Waals surface area contributed by atoms with Gasteiger partial charge >= 0.3 is 5.97 Å². The zero-order valence-corrected chi connectivity index (χ0v) is 34.3. The normalized spacial score (nSPS) is 19.4. The van der Waals surface area contributed by atoms with E-state index in [1.807, 2.05) is 70.2 Å². The molecule has 3 aliphatic rings. The minimum atomic E-state index is -1.27. The molecule has 3 aromatic carbocycles. The molecule has 2 aromatic heterocycles.